The van der Waals surface area contributed by atoms with Gasteiger partial charge in [0.2, 0.25) is 0 Å². The van der Waals surface area contributed by atoms with E-state index >= 15 is 0 Å². The summed E-state index contributed by atoms with van der Waals surface area (Å²) in [6.45, 7) is 4.39. The zero-order valence-electron chi connectivity index (χ0n) is 18.6. The number of hydrogen-bond donors (Lipinski definition) is 1. The van der Waals surface area contributed by atoms with Crippen molar-refractivity contribution in [1.82, 2.24) is 34.9 Å². The van der Waals surface area contributed by atoms with Gasteiger partial charge in [-0.05, 0) is 37.0 Å². The van der Waals surface area contributed by atoms with Gasteiger partial charge in [-0.3, -0.25) is 0 Å². The third-order valence-corrected chi connectivity index (χ3v) is 5.90. The van der Waals surface area contributed by atoms with E-state index in [1.54, 1.807) is 11.0 Å². The lowest BCUT2D eigenvalue weighted by molar-refractivity contribution is 0.171. The summed E-state index contributed by atoms with van der Waals surface area (Å²) in [5.74, 6) is 2.93. The Bertz CT molecular complexity index is 1120. The molecule has 1 saturated heterocycles. The standard InChI is InChI=1S/C23H27N7O3/c1-2-21-27-17(13-22(28-21)30-15-24-14-26-30)18-4-3-9-29(18)23(31)25-8-7-16-5-6-19-20(12-16)33-11-10-32-19/h5-6,12-15,18H,2-4,7-11H2,1H3,(H,25,31). The summed E-state index contributed by atoms with van der Waals surface area (Å²) < 4.78 is 12.8. The van der Waals surface area contributed by atoms with Gasteiger partial charge in [0.05, 0.1) is 11.7 Å². The summed E-state index contributed by atoms with van der Waals surface area (Å²) in [6.07, 6.45) is 6.30. The zero-order valence-corrected chi connectivity index (χ0v) is 18.6. The highest BCUT2D eigenvalue weighted by atomic mass is 16.6. The minimum atomic E-state index is -0.0881. The van der Waals surface area contributed by atoms with Gasteiger partial charge in [-0.15, -0.1) is 0 Å². The molecule has 0 spiro atoms. The van der Waals surface area contributed by atoms with E-state index in [0.717, 1.165) is 41.4 Å². The molecule has 0 saturated carbocycles. The Morgan fingerprint density at radius 2 is 2.06 bits per heavy atom. The highest BCUT2D eigenvalue weighted by Crippen LogP contribution is 2.32. The maximum atomic E-state index is 13.0. The number of carbonyl (C=O) groups excluding carboxylic acids is 1. The van der Waals surface area contributed by atoms with Crippen LogP contribution in [-0.2, 0) is 12.8 Å². The van der Waals surface area contributed by atoms with Crippen LogP contribution in [0.25, 0.3) is 5.82 Å². The number of nitrogens with one attached hydrogen (secondary N) is 1. The number of fused-ring (bicyclic) bond motifs is 1. The van der Waals surface area contributed by atoms with Gasteiger partial charge in [0.1, 0.15) is 31.7 Å². The second-order valence-electron chi connectivity index (χ2n) is 8.07. The van der Waals surface area contributed by atoms with Gasteiger partial charge in [-0.25, -0.2) is 24.4 Å². The number of aromatic nitrogens is 5. The van der Waals surface area contributed by atoms with Crippen LogP contribution in [0.2, 0.25) is 0 Å². The fourth-order valence-electron chi connectivity index (χ4n) is 4.25. The van der Waals surface area contributed by atoms with Gasteiger partial charge < -0.3 is 19.7 Å². The van der Waals surface area contributed by atoms with Crippen molar-refractivity contribution in [2.45, 2.75) is 38.6 Å². The summed E-state index contributed by atoms with van der Waals surface area (Å²) in [5, 5.41) is 7.25. The molecule has 2 aliphatic heterocycles. The molecule has 1 unspecified atom stereocenters. The van der Waals surface area contributed by atoms with Crippen molar-refractivity contribution in [3.63, 3.8) is 0 Å². The zero-order chi connectivity index (χ0) is 22.6. The highest BCUT2D eigenvalue weighted by Gasteiger charge is 2.31. The Kier molecular flexibility index (Phi) is 6.05. The van der Waals surface area contributed by atoms with Crippen molar-refractivity contribution < 1.29 is 14.3 Å². The lowest BCUT2D eigenvalue weighted by Crippen LogP contribution is -2.40. The maximum Gasteiger partial charge on any atom is 0.317 e. The molecule has 1 atom stereocenters. The summed E-state index contributed by atoms with van der Waals surface area (Å²) in [4.78, 5) is 28.2. The fraction of sp³-hybridized carbons (Fsp3) is 0.435. The summed E-state index contributed by atoms with van der Waals surface area (Å²) in [5.41, 5.74) is 1.94. The first-order chi connectivity index (χ1) is 16.2. The number of nitrogens with zero attached hydrogens (tertiary/aromatic N) is 6. The minimum Gasteiger partial charge on any atom is -0.486 e. The van der Waals surface area contributed by atoms with E-state index < -0.39 is 0 Å². The average Bonchev–Trinajstić information content (AvgIpc) is 3.56. The number of carbonyl (C=O) groups is 1. The molecule has 33 heavy (non-hydrogen) atoms. The van der Waals surface area contributed by atoms with Crippen molar-refractivity contribution in [3.05, 3.63) is 54.0 Å². The van der Waals surface area contributed by atoms with E-state index in [1.807, 2.05) is 36.1 Å². The molecule has 10 nitrogen and oxygen atoms in total. The quantitative estimate of drug-likeness (QED) is 0.616. The number of hydrogen-bond acceptors (Lipinski definition) is 7. The van der Waals surface area contributed by atoms with Crippen LogP contribution < -0.4 is 14.8 Å². The van der Waals surface area contributed by atoms with Gasteiger partial charge >= 0.3 is 6.03 Å². The lowest BCUT2D eigenvalue weighted by Gasteiger charge is -2.25. The van der Waals surface area contributed by atoms with E-state index in [-0.39, 0.29) is 12.1 Å². The number of urea groups is 1. The van der Waals surface area contributed by atoms with Crippen LogP contribution in [0.5, 0.6) is 11.5 Å². The second-order valence-corrected chi connectivity index (χ2v) is 8.07. The predicted octanol–water partition coefficient (Wildman–Crippen LogP) is 2.48. The Balaban J connectivity index is 1.25. The van der Waals surface area contributed by atoms with Crippen molar-refractivity contribution in [2.75, 3.05) is 26.3 Å². The molecule has 2 aromatic heterocycles. The topological polar surface area (TPSA) is 107 Å². The average molecular weight is 450 g/mol. The molecule has 172 valence electrons. The van der Waals surface area contributed by atoms with E-state index in [2.05, 4.69) is 20.4 Å². The summed E-state index contributed by atoms with van der Waals surface area (Å²) in [7, 11) is 0. The molecule has 0 bridgehead atoms. The molecule has 4 heterocycles. The van der Waals surface area contributed by atoms with Crippen molar-refractivity contribution in [3.8, 4) is 17.3 Å². The largest absolute Gasteiger partial charge is 0.486 e. The number of benzene rings is 1. The van der Waals surface area contributed by atoms with Crippen LogP contribution in [0.3, 0.4) is 0 Å². The van der Waals surface area contributed by atoms with E-state index in [1.165, 1.54) is 6.33 Å². The molecular formula is C23H27N7O3. The lowest BCUT2D eigenvalue weighted by atomic mass is 10.1. The molecular weight excluding hydrogens is 422 g/mol. The maximum absolute atomic E-state index is 13.0. The Morgan fingerprint density at radius 1 is 1.18 bits per heavy atom. The predicted molar refractivity (Wildman–Crippen MR) is 120 cm³/mol. The Morgan fingerprint density at radius 3 is 2.88 bits per heavy atom. The molecule has 10 heteroatoms. The molecule has 1 aromatic carbocycles. The number of likely N-dealkylation sites (tertiary alicyclic amines) is 1. The Labute approximate surface area is 192 Å². The molecule has 1 fully saturated rings. The van der Waals surface area contributed by atoms with Crippen LogP contribution in [-0.4, -0.2) is 62.0 Å². The molecule has 3 aromatic rings. The Hall–Kier alpha value is -3.69. The van der Waals surface area contributed by atoms with Crippen LogP contribution in [0.4, 0.5) is 4.79 Å². The SMILES string of the molecule is CCc1nc(C2CCCN2C(=O)NCCc2ccc3c(c2)OCCO3)cc(-n2cncn2)n1. The van der Waals surface area contributed by atoms with Crippen molar-refractivity contribution in [2.24, 2.45) is 0 Å². The van der Waals surface area contributed by atoms with E-state index in [0.29, 0.717) is 45.0 Å². The number of aryl methyl sites for hydroxylation is 1. The minimum absolute atomic E-state index is 0.0750. The third kappa shape index (κ3) is 4.59. The first kappa shape index (κ1) is 21.2. The van der Waals surface area contributed by atoms with Crippen LogP contribution in [0.1, 0.15) is 42.9 Å². The molecule has 2 amide bonds. The molecule has 2 aliphatic rings. The van der Waals surface area contributed by atoms with E-state index in [4.69, 9.17) is 14.5 Å². The van der Waals surface area contributed by atoms with Gasteiger partial charge in [-0.2, -0.15) is 5.10 Å². The number of amides is 2. The fourth-order valence-corrected chi connectivity index (χ4v) is 4.25. The molecule has 0 aliphatic carbocycles. The van der Waals surface area contributed by atoms with Crippen LogP contribution >= 0.6 is 0 Å². The highest BCUT2D eigenvalue weighted by molar-refractivity contribution is 5.75. The normalized spacial score (nSPS) is 17.2. The number of ether oxygens (including phenoxy) is 2. The summed E-state index contributed by atoms with van der Waals surface area (Å²) in [6, 6.07) is 7.66. The van der Waals surface area contributed by atoms with Crippen molar-refractivity contribution in [1.29, 1.82) is 0 Å². The third-order valence-electron chi connectivity index (χ3n) is 5.90. The molecule has 1 N–H and O–H groups in total. The molecule has 0 radical (unpaired) electrons. The first-order valence-electron chi connectivity index (χ1n) is 11.4. The first-order valence-corrected chi connectivity index (χ1v) is 11.4. The second kappa shape index (κ2) is 9.43. The van der Waals surface area contributed by atoms with E-state index in [9.17, 15) is 4.79 Å². The van der Waals surface area contributed by atoms with Gasteiger partial charge in [0.15, 0.2) is 17.3 Å². The van der Waals surface area contributed by atoms with Crippen LogP contribution in [0, 0.1) is 0 Å². The smallest absolute Gasteiger partial charge is 0.317 e. The van der Waals surface area contributed by atoms with Crippen LogP contribution in [0.15, 0.2) is 36.9 Å². The van der Waals surface area contributed by atoms with Gasteiger partial charge in [0.25, 0.3) is 0 Å². The van der Waals surface area contributed by atoms with Crippen molar-refractivity contribution >= 4 is 6.03 Å². The monoisotopic (exact) mass is 449 g/mol. The van der Waals surface area contributed by atoms with Gasteiger partial charge in [-0.1, -0.05) is 13.0 Å². The summed E-state index contributed by atoms with van der Waals surface area (Å²) >= 11 is 0. The number of rotatable bonds is 6. The molecule has 5 rings (SSSR count). The van der Waals surface area contributed by atoms with Gasteiger partial charge in [0, 0.05) is 25.6 Å².